The third-order valence-corrected chi connectivity index (χ3v) is 4.05. The Morgan fingerprint density at radius 2 is 2.00 bits per heavy atom. The first-order chi connectivity index (χ1) is 9.94. The van der Waals surface area contributed by atoms with Gasteiger partial charge in [0.15, 0.2) is 5.13 Å². The first-order valence-corrected chi connectivity index (χ1v) is 7.54. The maximum atomic E-state index is 11.9. The summed E-state index contributed by atoms with van der Waals surface area (Å²) >= 11 is 12.9. The molecule has 0 saturated heterocycles. The second-order valence-electron chi connectivity index (χ2n) is 4.26. The number of aromatic nitrogens is 1. The van der Waals surface area contributed by atoms with E-state index in [0.29, 0.717) is 20.9 Å². The number of carbonyl (C=O) groups excluding carboxylic acids is 2. The molecule has 110 valence electrons. The lowest BCUT2D eigenvalue weighted by Gasteiger charge is -2.03. The second kappa shape index (κ2) is 6.89. The van der Waals surface area contributed by atoms with Gasteiger partial charge in [0.05, 0.1) is 28.6 Å². The largest absolute Gasteiger partial charge is 0.369 e. The molecule has 0 atom stereocenters. The Kier molecular flexibility index (Phi) is 5.17. The molecule has 0 radical (unpaired) electrons. The van der Waals surface area contributed by atoms with Crippen LogP contribution in [0.1, 0.15) is 11.3 Å². The molecule has 0 aliphatic carbocycles. The highest BCUT2D eigenvalue weighted by atomic mass is 35.5. The maximum absolute atomic E-state index is 11.9. The number of carbonyl (C=O) groups is 2. The van der Waals surface area contributed by atoms with Crippen LogP contribution in [-0.2, 0) is 22.4 Å². The summed E-state index contributed by atoms with van der Waals surface area (Å²) in [6.07, 6.45) is 0.209. The number of benzene rings is 1. The topological polar surface area (TPSA) is 85.1 Å². The van der Waals surface area contributed by atoms with Gasteiger partial charge in [-0.3, -0.25) is 9.59 Å². The number of anilines is 1. The van der Waals surface area contributed by atoms with Gasteiger partial charge in [0, 0.05) is 5.38 Å². The minimum atomic E-state index is -0.464. The van der Waals surface area contributed by atoms with E-state index in [1.807, 2.05) is 0 Å². The van der Waals surface area contributed by atoms with Crippen LogP contribution in [-0.4, -0.2) is 16.8 Å². The standard InChI is InChI=1S/C13H11Cl2N3O2S/c14-9-2-1-7(3-10(9)15)4-12(20)18-13-17-8(6-21-13)5-11(16)19/h1-3,6H,4-5H2,(H2,16,19)(H,17,18,20). The van der Waals surface area contributed by atoms with E-state index < -0.39 is 5.91 Å². The number of amides is 2. The Morgan fingerprint density at radius 3 is 2.67 bits per heavy atom. The summed E-state index contributed by atoms with van der Waals surface area (Å²) < 4.78 is 0. The molecule has 1 aromatic heterocycles. The van der Waals surface area contributed by atoms with Crippen LogP contribution in [0.3, 0.4) is 0 Å². The number of nitrogens with zero attached hydrogens (tertiary/aromatic N) is 1. The SMILES string of the molecule is NC(=O)Cc1csc(NC(=O)Cc2ccc(Cl)c(Cl)c2)n1. The Bertz CT molecular complexity index is 688. The van der Waals surface area contributed by atoms with Crippen LogP contribution in [0.4, 0.5) is 5.13 Å². The fourth-order valence-corrected chi connectivity index (χ4v) is 2.67. The molecule has 3 N–H and O–H groups in total. The minimum Gasteiger partial charge on any atom is -0.369 e. The molecule has 5 nitrogen and oxygen atoms in total. The fourth-order valence-electron chi connectivity index (χ4n) is 1.62. The first kappa shape index (κ1) is 15.8. The molecule has 0 spiro atoms. The summed E-state index contributed by atoms with van der Waals surface area (Å²) in [5.74, 6) is -0.692. The average molecular weight is 344 g/mol. The third-order valence-electron chi connectivity index (χ3n) is 2.50. The van der Waals surface area contributed by atoms with Crippen molar-refractivity contribution in [1.29, 1.82) is 0 Å². The van der Waals surface area contributed by atoms with Crippen molar-refractivity contribution in [1.82, 2.24) is 4.98 Å². The number of rotatable bonds is 5. The Labute approximate surface area is 135 Å². The zero-order chi connectivity index (χ0) is 15.4. The van der Waals surface area contributed by atoms with E-state index >= 15 is 0 Å². The molecule has 1 heterocycles. The second-order valence-corrected chi connectivity index (χ2v) is 5.93. The fraction of sp³-hybridized carbons (Fsp3) is 0.154. The molecule has 1 aromatic carbocycles. The molecule has 2 aromatic rings. The highest BCUT2D eigenvalue weighted by Gasteiger charge is 2.10. The molecular weight excluding hydrogens is 333 g/mol. The summed E-state index contributed by atoms with van der Waals surface area (Å²) in [5, 5.41) is 5.61. The van der Waals surface area contributed by atoms with Gasteiger partial charge in [0.25, 0.3) is 0 Å². The number of halogens is 2. The van der Waals surface area contributed by atoms with Gasteiger partial charge in [-0.15, -0.1) is 11.3 Å². The van der Waals surface area contributed by atoms with Crippen molar-refractivity contribution in [2.45, 2.75) is 12.8 Å². The molecule has 0 unspecified atom stereocenters. The van der Waals surface area contributed by atoms with Crippen molar-refractivity contribution in [3.05, 3.63) is 44.9 Å². The molecule has 0 aliphatic rings. The van der Waals surface area contributed by atoms with Crippen molar-refractivity contribution < 1.29 is 9.59 Å². The van der Waals surface area contributed by atoms with Gasteiger partial charge in [0.1, 0.15) is 0 Å². The van der Waals surface area contributed by atoms with Gasteiger partial charge in [0.2, 0.25) is 11.8 Å². The van der Waals surface area contributed by atoms with E-state index in [0.717, 1.165) is 5.56 Å². The normalized spacial score (nSPS) is 10.4. The summed E-state index contributed by atoms with van der Waals surface area (Å²) in [6, 6.07) is 5.01. The van der Waals surface area contributed by atoms with E-state index in [1.165, 1.54) is 11.3 Å². The summed E-state index contributed by atoms with van der Waals surface area (Å²) in [5.41, 5.74) is 6.36. The van der Waals surface area contributed by atoms with Crippen LogP contribution < -0.4 is 11.1 Å². The minimum absolute atomic E-state index is 0.0547. The van der Waals surface area contributed by atoms with Crippen LogP contribution in [0, 0.1) is 0 Å². The molecule has 0 aliphatic heterocycles. The molecule has 2 amide bonds. The van der Waals surface area contributed by atoms with Gasteiger partial charge in [-0.1, -0.05) is 29.3 Å². The number of hydrogen-bond acceptors (Lipinski definition) is 4. The summed E-state index contributed by atoms with van der Waals surface area (Å²) in [7, 11) is 0. The van der Waals surface area contributed by atoms with Gasteiger partial charge in [-0.25, -0.2) is 4.98 Å². The van der Waals surface area contributed by atoms with E-state index in [2.05, 4.69) is 10.3 Å². The van der Waals surface area contributed by atoms with Gasteiger partial charge in [-0.05, 0) is 17.7 Å². The maximum Gasteiger partial charge on any atom is 0.230 e. The molecule has 21 heavy (non-hydrogen) atoms. The lowest BCUT2D eigenvalue weighted by molar-refractivity contribution is -0.117. The van der Waals surface area contributed by atoms with Crippen LogP contribution in [0.25, 0.3) is 0 Å². The molecular formula is C13H11Cl2N3O2S. The van der Waals surface area contributed by atoms with E-state index in [1.54, 1.807) is 23.6 Å². The van der Waals surface area contributed by atoms with Crippen molar-refractivity contribution >= 4 is 51.5 Å². The molecule has 0 fully saturated rings. The Hall–Kier alpha value is -1.63. The van der Waals surface area contributed by atoms with E-state index in [4.69, 9.17) is 28.9 Å². The quantitative estimate of drug-likeness (QED) is 0.874. The lowest BCUT2D eigenvalue weighted by atomic mass is 10.1. The number of nitrogens with one attached hydrogen (secondary N) is 1. The first-order valence-electron chi connectivity index (χ1n) is 5.90. The zero-order valence-corrected chi connectivity index (χ0v) is 13.1. The van der Waals surface area contributed by atoms with Crippen molar-refractivity contribution in [2.75, 3.05) is 5.32 Å². The monoisotopic (exact) mass is 343 g/mol. The molecule has 2 rings (SSSR count). The van der Waals surface area contributed by atoms with Crippen molar-refractivity contribution in [2.24, 2.45) is 5.73 Å². The van der Waals surface area contributed by atoms with Crippen LogP contribution >= 0.6 is 34.5 Å². The van der Waals surface area contributed by atoms with Crippen LogP contribution in [0.5, 0.6) is 0 Å². The summed E-state index contributed by atoms with van der Waals surface area (Å²) in [4.78, 5) is 26.8. The average Bonchev–Trinajstić information content (AvgIpc) is 2.80. The molecule has 8 heteroatoms. The van der Waals surface area contributed by atoms with Crippen molar-refractivity contribution in [3.8, 4) is 0 Å². The van der Waals surface area contributed by atoms with Gasteiger partial charge < -0.3 is 11.1 Å². The Morgan fingerprint density at radius 1 is 1.24 bits per heavy atom. The highest BCUT2D eigenvalue weighted by Crippen LogP contribution is 2.23. The Balaban J connectivity index is 1.96. The number of hydrogen-bond donors (Lipinski definition) is 2. The smallest absolute Gasteiger partial charge is 0.230 e. The van der Waals surface area contributed by atoms with Crippen molar-refractivity contribution in [3.63, 3.8) is 0 Å². The number of nitrogens with two attached hydrogens (primary N) is 1. The highest BCUT2D eigenvalue weighted by molar-refractivity contribution is 7.13. The van der Waals surface area contributed by atoms with E-state index in [9.17, 15) is 9.59 Å². The van der Waals surface area contributed by atoms with Crippen LogP contribution in [0.15, 0.2) is 23.6 Å². The third kappa shape index (κ3) is 4.70. The van der Waals surface area contributed by atoms with Crippen LogP contribution in [0.2, 0.25) is 10.0 Å². The number of primary amides is 1. The van der Waals surface area contributed by atoms with Gasteiger partial charge in [-0.2, -0.15) is 0 Å². The molecule has 0 bridgehead atoms. The predicted molar refractivity (Wildman–Crippen MR) is 83.8 cm³/mol. The lowest BCUT2D eigenvalue weighted by Crippen LogP contribution is -2.15. The van der Waals surface area contributed by atoms with E-state index in [-0.39, 0.29) is 18.7 Å². The predicted octanol–water partition coefficient (Wildman–Crippen LogP) is 2.66. The molecule has 0 saturated carbocycles. The van der Waals surface area contributed by atoms with Gasteiger partial charge >= 0.3 is 0 Å². The summed E-state index contributed by atoms with van der Waals surface area (Å²) in [6.45, 7) is 0. The number of thiazole rings is 1. The zero-order valence-electron chi connectivity index (χ0n) is 10.7.